The van der Waals surface area contributed by atoms with Crippen LogP contribution in [0.15, 0.2) is 24.3 Å². The summed E-state index contributed by atoms with van der Waals surface area (Å²) in [5.41, 5.74) is 3.32. The Labute approximate surface area is 105 Å². The lowest BCUT2D eigenvalue weighted by Crippen LogP contribution is -2.07. The Bertz CT molecular complexity index is 547. The predicted octanol–water partition coefficient (Wildman–Crippen LogP) is 3.49. The number of hydrogen-bond acceptors (Lipinski definition) is 3. The van der Waals surface area contributed by atoms with Gasteiger partial charge in [-0.3, -0.25) is 0 Å². The van der Waals surface area contributed by atoms with Crippen LogP contribution >= 0.6 is 11.3 Å². The van der Waals surface area contributed by atoms with E-state index in [0.29, 0.717) is 0 Å². The molecule has 1 heterocycles. The Hall–Kier alpha value is -1.19. The molecule has 1 aromatic carbocycles. The molecule has 0 fully saturated rings. The zero-order valence-electron chi connectivity index (χ0n) is 9.81. The van der Waals surface area contributed by atoms with Gasteiger partial charge in [-0.1, -0.05) is 23.8 Å². The zero-order valence-corrected chi connectivity index (χ0v) is 10.6. The molecule has 1 aliphatic carbocycles. The van der Waals surface area contributed by atoms with Gasteiger partial charge in [0.15, 0.2) is 0 Å². The topological polar surface area (TPSA) is 33.1 Å². The maximum absolute atomic E-state index is 9.92. The van der Waals surface area contributed by atoms with E-state index in [1.165, 1.54) is 10.4 Å². The number of benzene rings is 1. The van der Waals surface area contributed by atoms with E-state index in [2.05, 4.69) is 36.2 Å². The van der Waals surface area contributed by atoms with Crippen LogP contribution in [0.5, 0.6) is 0 Å². The first-order valence-electron chi connectivity index (χ1n) is 5.99. The Kier molecular flexibility index (Phi) is 2.73. The molecule has 0 saturated heterocycles. The molecule has 1 N–H and O–H groups in total. The van der Waals surface area contributed by atoms with Gasteiger partial charge in [0.05, 0.1) is 11.8 Å². The highest BCUT2D eigenvalue weighted by Crippen LogP contribution is 2.36. The Balaban J connectivity index is 2.05. The maximum Gasteiger partial charge on any atom is 0.124 e. The molecule has 3 heteroatoms. The van der Waals surface area contributed by atoms with Gasteiger partial charge in [0, 0.05) is 10.4 Å². The van der Waals surface area contributed by atoms with Crippen molar-refractivity contribution in [3.8, 4) is 10.6 Å². The smallest absolute Gasteiger partial charge is 0.124 e. The molecule has 1 unspecified atom stereocenters. The third kappa shape index (κ3) is 2.01. The standard InChI is InChI=1S/C14H15NOS/c1-9-4-2-5-10(8-9)14-15-13-11(16)6-3-7-12(13)17-14/h2,4-5,8,11,16H,3,6-7H2,1H3. The fourth-order valence-corrected chi connectivity index (χ4v) is 3.45. The van der Waals surface area contributed by atoms with E-state index < -0.39 is 0 Å². The molecule has 1 aromatic heterocycles. The van der Waals surface area contributed by atoms with Gasteiger partial charge in [-0.15, -0.1) is 11.3 Å². The molecule has 17 heavy (non-hydrogen) atoms. The van der Waals surface area contributed by atoms with E-state index in [9.17, 15) is 5.11 Å². The number of rotatable bonds is 1. The van der Waals surface area contributed by atoms with Gasteiger partial charge in [0.1, 0.15) is 5.01 Å². The average Bonchev–Trinajstić information content (AvgIpc) is 2.74. The van der Waals surface area contributed by atoms with E-state index in [1.54, 1.807) is 11.3 Å². The number of fused-ring (bicyclic) bond motifs is 1. The Morgan fingerprint density at radius 3 is 3.06 bits per heavy atom. The second-order valence-corrected chi connectivity index (χ2v) is 5.69. The molecule has 2 nitrogen and oxygen atoms in total. The number of aliphatic hydroxyl groups is 1. The van der Waals surface area contributed by atoms with Crippen molar-refractivity contribution in [1.82, 2.24) is 4.98 Å². The molecule has 2 aromatic rings. The number of aryl methyl sites for hydroxylation is 2. The molecule has 0 spiro atoms. The summed E-state index contributed by atoms with van der Waals surface area (Å²) < 4.78 is 0. The van der Waals surface area contributed by atoms with Crippen molar-refractivity contribution >= 4 is 11.3 Å². The third-order valence-corrected chi connectivity index (χ3v) is 4.37. The zero-order chi connectivity index (χ0) is 11.8. The van der Waals surface area contributed by atoms with Crippen molar-refractivity contribution in [1.29, 1.82) is 0 Å². The minimum absolute atomic E-state index is 0.353. The van der Waals surface area contributed by atoms with Gasteiger partial charge < -0.3 is 5.11 Å². The van der Waals surface area contributed by atoms with Gasteiger partial charge in [-0.05, 0) is 32.3 Å². The van der Waals surface area contributed by atoms with E-state index in [4.69, 9.17) is 0 Å². The number of hydrogen-bond donors (Lipinski definition) is 1. The van der Waals surface area contributed by atoms with E-state index in [-0.39, 0.29) is 6.10 Å². The van der Waals surface area contributed by atoms with Crippen LogP contribution in [-0.4, -0.2) is 10.1 Å². The van der Waals surface area contributed by atoms with Crippen molar-refractivity contribution in [3.05, 3.63) is 40.4 Å². The first-order valence-corrected chi connectivity index (χ1v) is 6.80. The Morgan fingerprint density at radius 1 is 1.41 bits per heavy atom. The molecule has 0 aliphatic heterocycles. The summed E-state index contributed by atoms with van der Waals surface area (Å²) in [6, 6.07) is 8.38. The van der Waals surface area contributed by atoms with Crippen molar-refractivity contribution < 1.29 is 5.11 Å². The Morgan fingerprint density at radius 2 is 2.29 bits per heavy atom. The van der Waals surface area contributed by atoms with Crippen LogP contribution in [0, 0.1) is 6.92 Å². The lowest BCUT2D eigenvalue weighted by atomic mass is 10.0. The number of aromatic nitrogens is 1. The molecular formula is C14H15NOS. The lowest BCUT2D eigenvalue weighted by molar-refractivity contribution is 0.153. The summed E-state index contributed by atoms with van der Waals surface area (Å²) in [5.74, 6) is 0. The average molecular weight is 245 g/mol. The van der Waals surface area contributed by atoms with Crippen molar-refractivity contribution in [2.24, 2.45) is 0 Å². The fourth-order valence-electron chi connectivity index (χ4n) is 2.30. The molecular weight excluding hydrogens is 230 g/mol. The largest absolute Gasteiger partial charge is 0.387 e. The van der Waals surface area contributed by atoms with Gasteiger partial charge in [-0.25, -0.2) is 4.98 Å². The molecule has 88 valence electrons. The van der Waals surface area contributed by atoms with Crippen LogP contribution in [0.25, 0.3) is 10.6 Å². The third-order valence-electron chi connectivity index (χ3n) is 3.19. The van der Waals surface area contributed by atoms with Crippen LogP contribution in [0.2, 0.25) is 0 Å². The van der Waals surface area contributed by atoms with Gasteiger partial charge in [0.2, 0.25) is 0 Å². The number of thiazole rings is 1. The van der Waals surface area contributed by atoms with Crippen LogP contribution in [0.4, 0.5) is 0 Å². The first-order chi connectivity index (χ1) is 8.24. The second kappa shape index (κ2) is 4.24. The van der Waals surface area contributed by atoms with Crippen molar-refractivity contribution in [2.75, 3.05) is 0 Å². The van der Waals surface area contributed by atoms with E-state index in [0.717, 1.165) is 35.5 Å². The highest BCUT2D eigenvalue weighted by molar-refractivity contribution is 7.15. The second-order valence-electron chi connectivity index (χ2n) is 4.60. The highest BCUT2D eigenvalue weighted by Gasteiger charge is 2.23. The maximum atomic E-state index is 9.92. The molecule has 1 atom stereocenters. The summed E-state index contributed by atoms with van der Waals surface area (Å²) in [4.78, 5) is 5.88. The predicted molar refractivity (Wildman–Crippen MR) is 70.2 cm³/mol. The van der Waals surface area contributed by atoms with Crippen LogP contribution in [0.1, 0.15) is 35.1 Å². The minimum atomic E-state index is -0.353. The lowest BCUT2D eigenvalue weighted by Gasteiger charge is -2.14. The van der Waals surface area contributed by atoms with Crippen LogP contribution in [0.3, 0.4) is 0 Å². The minimum Gasteiger partial charge on any atom is -0.387 e. The summed E-state index contributed by atoms with van der Waals surface area (Å²) in [6.07, 6.45) is 2.64. The number of aliphatic hydroxyl groups excluding tert-OH is 1. The quantitative estimate of drug-likeness (QED) is 0.834. The normalized spacial score (nSPS) is 19.1. The molecule has 0 saturated carbocycles. The molecule has 3 rings (SSSR count). The highest BCUT2D eigenvalue weighted by atomic mass is 32.1. The van der Waals surface area contributed by atoms with Crippen LogP contribution in [-0.2, 0) is 6.42 Å². The van der Waals surface area contributed by atoms with E-state index in [1.807, 2.05) is 0 Å². The molecule has 0 bridgehead atoms. The van der Waals surface area contributed by atoms with Gasteiger partial charge >= 0.3 is 0 Å². The monoisotopic (exact) mass is 245 g/mol. The fraction of sp³-hybridized carbons (Fsp3) is 0.357. The molecule has 1 aliphatic rings. The summed E-state index contributed by atoms with van der Waals surface area (Å²) in [7, 11) is 0. The van der Waals surface area contributed by atoms with Gasteiger partial charge in [-0.2, -0.15) is 0 Å². The summed E-state index contributed by atoms with van der Waals surface area (Å²) in [5, 5.41) is 11.0. The summed E-state index contributed by atoms with van der Waals surface area (Å²) in [6.45, 7) is 2.09. The van der Waals surface area contributed by atoms with E-state index >= 15 is 0 Å². The van der Waals surface area contributed by atoms with Crippen LogP contribution < -0.4 is 0 Å². The van der Waals surface area contributed by atoms with Gasteiger partial charge in [0.25, 0.3) is 0 Å². The molecule has 0 amide bonds. The first kappa shape index (κ1) is 10.9. The SMILES string of the molecule is Cc1cccc(-c2nc3c(s2)CCCC3O)c1. The molecule has 0 radical (unpaired) electrons. The number of nitrogens with zero attached hydrogens (tertiary/aromatic N) is 1. The summed E-state index contributed by atoms with van der Waals surface area (Å²) >= 11 is 1.73. The van der Waals surface area contributed by atoms with Crippen molar-refractivity contribution in [3.63, 3.8) is 0 Å². The van der Waals surface area contributed by atoms with Crippen molar-refractivity contribution in [2.45, 2.75) is 32.3 Å².